The van der Waals surface area contributed by atoms with Crippen molar-refractivity contribution in [3.63, 3.8) is 0 Å². The first-order chi connectivity index (χ1) is 9.13. The minimum atomic E-state index is -0.416. The molecular weight excluding hydrogens is 246 g/mol. The highest BCUT2D eigenvalue weighted by molar-refractivity contribution is 5.94. The Balaban J connectivity index is 2.37. The van der Waals surface area contributed by atoms with Crippen molar-refractivity contribution in [1.29, 1.82) is 0 Å². The molecule has 6 nitrogen and oxygen atoms in total. The van der Waals surface area contributed by atoms with Crippen LogP contribution in [-0.2, 0) is 11.3 Å². The van der Waals surface area contributed by atoms with Gasteiger partial charge in [0.15, 0.2) is 0 Å². The molecule has 1 heterocycles. The number of hydrogen-bond acceptors (Lipinski definition) is 4. The number of piperidine rings is 1. The predicted molar refractivity (Wildman–Crippen MR) is 72.1 cm³/mol. The average molecular weight is 263 g/mol. The summed E-state index contributed by atoms with van der Waals surface area (Å²) < 4.78 is 0. The third-order valence-electron chi connectivity index (χ3n) is 3.26. The van der Waals surface area contributed by atoms with E-state index in [2.05, 4.69) is 5.32 Å². The van der Waals surface area contributed by atoms with Crippen molar-refractivity contribution in [2.24, 2.45) is 0 Å². The van der Waals surface area contributed by atoms with Crippen LogP contribution in [0.1, 0.15) is 24.8 Å². The summed E-state index contributed by atoms with van der Waals surface area (Å²) in [6, 6.07) is 4.66. The van der Waals surface area contributed by atoms with E-state index in [1.165, 1.54) is 12.1 Å². The van der Waals surface area contributed by atoms with Crippen molar-refractivity contribution in [3.05, 3.63) is 33.9 Å². The standard InChI is InChI=1S/C13H17N3O3/c1-14-9-10-8-11(16(18)19)5-6-12(10)15-7-3-2-4-13(15)17/h5-6,8,14H,2-4,7,9H2,1H3. The van der Waals surface area contributed by atoms with Gasteiger partial charge in [0, 0.05) is 37.3 Å². The Morgan fingerprint density at radius 1 is 1.42 bits per heavy atom. The van der Waals surface area contributed by atoms with Crippen molar-refractivity contribution >= 4 is 17.3 Å². The second kappa shape index (κ2) is 5.79. The number of nitro groups is 1. The number of hydrogen-bond donors (Lipinski definition) is 1. The second-order valence-electron chi connectivity index (χ2n) is 4.60. The topological polar surface area (TPSA) is 75.5 Å². The molecule has 0 spiro atoms. The van der Waals surface area contributed by atoms with Crippen molar-refractivity contribution < 1.29 is 9.72 Å². The number of carbonyl (C=O) groups excluding carboxylic acids is 1. The fourth-order valence-corrected chi connectivity index (χ4v) is 2.34. The van der Waals surface area contributed by atoms with Crippen LogP contribution in [0.4, 0.5) is 11.4 Å². The minimum absolute atomic E-state index is 0.0541. The molecule has 0 atom stereocenters. The van der Waals surface area contributed by atoms with Gasteiger partial charge in [0.2, 0.25) is 5.91 Å². The van der Waals surface area contributed by atoms with Gasteiger partial charge in [-0.3, -0.25) is 14.9 Å². The average Bonchev–Trinajstić information content (AvgIpc) is 2.40. The van der Waals surface area contributed by atoms with E-state index in [0.717, 1.165) is 24.1 Å². The molecule has 1 saturated heterocycles. The zero-order valence-electron chi connectivity index (χ0n) is 10.9. The van der Waals surface area contributed by atoms with Gasteiger partial charge in [0.25, 0.3) is 5.69 Å². The van der Waals surface area contributed by atoms with Crippen LogP contribution in [0, 0.1) is 10.1 Å². The summed E-state index contributed by atoms with van der Waals surface area (Å²) in [5.74, 6) is 0.0949. The first kappa shape index (κ1) is 13.5. The molecular formula is C13H17N3O3. The molecule has 19 heavy (non-hydrogen) atoms. The molecule has 1 aliphatic rings. The highest BCUT2D eigenvalue weighted by Crippen LogP contribution is 2.28. The molecule has 0 bridgehead atoms. The Hall–Kier alpha value is -1.95. The Kier molecular flexibility index (Phi) is 4.11. The van der Waals surface area contributed by atoms with Gasteiger partial charge in [-0.2, -0.15) is 0 Å². The highest BCUT2D eigenvalue weighted by atomic mass is 16.6. The van der Waals surface area contributed by atoms with E-state index in [9.17, 15) is 14.9 Å². The normalized spacial score (nSPS) is 15.6. The number of nitrogens with one attached hydrogen (secondary N) is 1. The predicted octanol–water partition coefficient (Wildman–Crippen LogP) is 1.83. The lowest BCUT2D eigenvalue weighted by Crippen LogP contribution is -2.36. The van der Waals surface area contributed by atoms with Crippen LogP contribution >= 0.6 is 0 Å². The van der Waals surface area contributed by atoms with Crippen LogP contribution in [0.25, 0.3) is 0 Å². The summed E-state index contributed by atoms with van der Waals surface area (Å²) in [4.78, 5) is 24.1. The summed E-state index contributed by atoms with van der Waals surface area (Å²) in [7, 11) is 1.78. The van der Waals surface area contributed by atoms with Gasteiger partial charge >= 0.3 is 0 Å². The molecule has 1 fully saturated rings. The Morgan fingerprint density at radius 2 is 2.21 bits per heavy atom. The number of nitrogens with zero attached hydrogens (tertiary/aromatic N) is 2. The van der Waals surface area contributed by atoms with E-state index >= 15 is 0 Å². The van der Waals surface area contributed by atoms with Crippen LogP contribution < -0.4 is 10.2 Å². The number of anilines is 1. The minimum Gasteiger partial charge on any atom is -0.316 e. The van der Waals surface area contributed by atoms with Gasteiger partial charge in [-0.25, -0.2) is 0 Å². The SMILES string of the molecule is CNCc1cc([N+](=O)[O-])ccc1N1CCCCC1=O. The number of benzene rings is 1. The van der Waals surface area contributed by atoms with E-state index < -0.39 is 4.92 Å². The van der Waals surface area contributed by atoms with Gasteiger partial charge in [-0.1, -0.05) is 0 Å². The van der Waals surface area contributed by atoms with Crippen LogP contribution in [0.15, 0.2) is 18.2 Å². The highest BCUT2D eigenvalue weighted by Gasteiger charge is 2.23. The summed E-state index contributed by atoms with van der Waals surface area (Å²) in [6.45, 7) is 1.19. The number of non-ortho nitro benzene ring substituents is 1. The van der Waals surface area contributed by atoms with E-state index in [1.807, 2.05) is 0 Å². The van der Waals surface area contributed by atoms with E-state index in [0.29, 0.717) is 19.5 Å². The molecule has 1 aromatic carbocycles. The number of amides is 1. The lowest BCUT2D eigenvalue weighted by Gasteiger charge is -2.28. The van der Waals surface area contributed by atoms with E-state index in [4.69, 9.17) is 0 Å². The maximum atomic E-state index is 11.9. The number of rotatable bonds is 4. The zero-order valence-corrected chi connectivity index (χ0v) is 10.9. The smallest absolute Gasteiger partial charge is 0.269 e. The fraction of sp³-hybridized carbons (Fsp3) is 0.462. The van der Waals surface area contributed by atoms with Crippen LogP contribution in [-0.4, -0.2) is 24.4 Å². The maximum absolute atomic E-state index is 11.9. The molecule has 0 unspecified atom stereocenters. The monoisotopic (exact) mass is 263 g/mol. The van der Waals surface area contributed by atoms with Crippen molar-refractivity contribution in [1.82, 2.24) is 5.32 Å². The zero-order chi connectivity index (χ0) is 13.8. The second-order valence-corrected chi connectivity index (χ2v) is 4.60. The molecule has 0 radical (unpaired) electrons. The molecule has 2 rings (SSSR count). The summed E-state index contributed by atoms with van der Waals surface area (Å²) in [5, 5.41) is 13.8. The van der Waals surface area contributed by atoms with Gasteiger partial charge in [-0.15, -0.1) is 0 Å². The first-order valence-corrected chi connectivity index (χ1v) is 6.36. The van der Waals surface area contributed by atoms with Crippen LogP contribution in [0.5, 0.6) is 0 Å². The van der Waals surface area contributed by atoms with Gasteiger partial charge in [-0.05, 0) is 31.5 Å². The van der Waals surface area contributed by atoms with Crippen molar-refractivity contribution in [2.45, 2.75) is 25.8 Å². The summed E-state index contributed by atoms with van der Waals surface area (Å²) in [5.41, 5.74) is 1.62. The summed E-state index contributed by atoms with van der Waals surface area (Å²) >= 11 is 0. The van der Waals surface area contributed by atoms with Crippen molar-refractivity contribution in [2.75, 3.05) is 18.5 Å². The lowest BCUT2D eigenvalue weighted by molar-refractivity contribution is -0.384. The Labute approximate surface area is 111 Å². The third kappa shape index (κ3) is 2.90. The van der Waals surface area contributed by atoms with Gasteiger partial charge in [0.05, 0.1) is 4.92 Å². The number of carbonyl (C=O) groups is 1. The molecule has 1 aromatic rings. The first-order valence-electron chi connectivity index (χ1n) is 6.36. The van der Waals surface area contributed by atoms with Crippen molar-refractivity contribution in [3.8, 4) is 0 Å². The molecule has 0 aliphatic carbocycles. The lowest BCUT2D eigenvalue weighted by atomic mass is 10.1. The molecule has 1 amide bonds. The van der Waals surface area contributed by atoms with Gasteiger partial charge in [0.1, 0.15) is 0 Å². The Bertz CT molecular complexity index is 502. The fourth-order valence-electron chi connectivity index (χ4n) is 2.34. The molecule has 1 aliphatic heterocycles. The van der Waals surface area contributed by atoms with E-state index in [1.54, 1.807) is 18.0 Å². The Morgan fingerprint density at radius 3 is 2.84 bits per heavy atom. The third-order valence-corrected chi connectivity index (χ3v) is 3.26. The summed E-state index contributed by atoms with van der Waals surface area (Å²) in [6.07, 6.45) is 2.45. The van der Waals surface area contributed by atoms with E-state index in [-0.39, 0.29) is 11.6 Å². The van der Waals surface area contributed by atoms with Crippen LogP contribution in [0.2, 0.25) is 0 Å². The van der Waals surface area contributed by atoms with Gasteiger partial charge < -0.3 is 10.2 Å². The number of nitro benzene ring substituents is 1. The molecule has 102 valence electrons. The molecule has 0 saturated carbocycles. The molecule has 0 aromatic heterocycles. The van der Waals surface area contributed by atoms with Crippen LogP contribution in [0.3, 0.4) is 0 Å². The maximum Gasteiger partial charge on any atom is 0.269 e. The molecule has 6 heteroatoms. The largest absolute Gasteiger partial charge is 0.316 e. The quantitative estimate of drug-likeness (QED) is 0.664. The molecule has 1 N–H and O–H groups in total.